The number of nitrogen functional groups attached to an aromatic ring is 1. The Morgan fingerprint density at radius 3 is 3.10 bits per heavy atom. The third-order valence-corrected chi connectivity index (χ3v) is 3.06. The maximum Gasteiger partial charge on any atom is 0.244 e. The lowest BCUT2D eigenvalue weighted by molar-refractivity contribution is -0.124. The Morgan fingerprint density at radius 2 is 2.40 bits per heavy atom. The number of anilines is 3. The maximum absolute atomic E-state index is 11.9. The molecule has 1 amide bonds. The molecule has 0 aliphatic carbocycles. The van der Waals surface area contributed by atoms with Gasteiger partial charge in [0.15, 0.2) is 0 Å². The molecule has 2 rings (SSSR count). The van der Waals surface area contributed by atoms with Crippen LogP contribution in [-0.4, -0.2) is 55.3 Å². The first-order chi connectivity index (χ1) is 9.65. The van der Waals surface area contributed by atoms with Gasteiger partial charge in [-0.3, -0.25) is 4.79 Å². The maximum atomic E-state index is 11.9. The normalized spacial score (nSPS) is 18.7. The molecule has 2 heterocycles. The van der Waals surface area contributed by atoms with Crippen molar-refractivity contribution in [2.45, 2.75) is 13.0 Å². The fourth-order valence-electron chi connectivity index (χ4n) is 2.13. The molecule has 1 unspecified atom stereocenters. The number of hydrogen-bond acceptors (Lipinski definition) is 7. The van der Waals surface area contributed by atoms with Crippen LogP contribution in [0.2, 0.25) is 0 Å². The molecule has 8 nitrogen and oxygen atoms in total. The molecule has 4 N–H and O–H groups in total. The molecule has 110 valence electrons. The van der Waals surface area contributed by atoms with Crippen molar-refractivity contribution >= 4 is 23.5 Å². The van der Waals surface area contributed by atoms with Crippen LogP contribution in [0.25, 0.3) is 0 Å². The van der Waals surface area contributed by atoms with Crippen LogP contribution in [0.3, 0.4) is 0 Å². The highest BCUT2D eigenvalue weighted by molar-refractivity contribution is 5.85. The minimum atomic E-state index is -0.405. The third-order valence-electron chi connectivity index (χ3n) is 3.06. The number of amides is 1. The number of rotatable bonds is 4. The smallest absolute Gasteiger partial charge is 0.244 e. The van der Waals surface area contributed by atoms with Gasteiger partial charge in [-0.05, 0) is 6.92 Å². The molecule has 0 bridgehead atoms. The van der Waals surface area contributed by atoms with Gasteiger partial charge in [-0.1, -0.05) is 0 Å². The topological polar surface area (TPSA) is 105 Å². The summed E-state index contributed by atoms with van der Waals surface area (Å²) in [6.07, 6.45) is 0. The number of ether oxygens (including phenoxy) is 1. The number of nitrogens with two attached hydrogens (primary N) is 1. The first-order valence-corrected chi connectivity index (χ1v) is 6.60. The first kappa shape index (κ1) is 14.3. The molecule has 0 spiro atoms. The molecule has 1 fully saturated rings. The molecule has 20 heavy (non-hydrogen) atoms. The number of hydrogen-bond donors (Lipinski definition) is 3. The van der Waals surface area contributed by atoms with E-state index in [0.717, 1.165) is 6.54 Å². The molecule has 1 atom stereocenters. The Balaban J connectivity index is 2.29. The fourth-order valence-corrected chi connectivity index (χ4v) is 2.13. The van der Waals surface area contributed by atoms with E-state index in [4.69, 9.17) is 10.5 Å². The zero-order valence-corrected chi connectivity index (χ0v) is 11.7. The van der Waals surface area contributed by atoms with Crippen molar-refractivity contribution in [3.8, 4) is 0 Å². The summed E-state index contributed by atoms with van der Waals surface area (Å²) in [5.74, 6) is 1.36. The average molecular weight is 280 g/mol. The molecular weight excluding hydrogens is 260 g/mol. The SMILES string of the molecule is CCNc1cc(N2CCOCC2C(=O)NC)nc(N)n1. The van der Waals surface area contributed by atoms with Crippen molar-refractivity contribution in [2.24, 2.45) is 0 Å². The minimum absolute atomic E-state index is 0.105. The van der Waals surface area contributed by atoms with Crippen LogP contribution >= 0.6 is 0 Å². The van der Waals surface area contributed by atoms with Crippen LogP contribution in [0.4, 0.5) is 17.6 Å². The molecule has 0 radical (unpaired) electrons. The van der Waals surface area contributed by atoms with Crippen molar-refractivity contribution in [2.75, 3.05) is 49.3 Å². The second-order valence-electron chi connectivity index (χ2n) is 4.40. The van der Waals surface area contributed by atoms with E-state index in [2.05, 4.69) is 20.6 Å². The molecular formula is C12H20N6O2. The molecule has 8 heteroatoms. The van der Waals surface area contributed by atoms with Crippen molar-refractivity contribution in [3.63, 3.8) is 0 Å². The van der Waals surface area contributed by atoms with E-state index in [0.29, 0.717) is 31.4 Å². The van der Waals surface area contributed by atoms with Crippen LogP contribution in [0.1, 0.15) is 6.92 Å². The summed E-state index contributed by atoms with van der Waals surface area (Å²) in [5, 5.41) is 5.73. The summed E-state index contributed by atoms with van der Waals surface area (Å²) in [5.41, 5.74) is 5.73. The predicted molar refractivity (Wildman–Crippen MR) is 76.6 cm³/mol. The van der Waals surface area contributed by atoms with Gasteiger partial charge < -0.3 is 26.0 Å². The Hall–Kier alpha value is -2.09. The van der Waals surface area contributed by atoms with Gasteiger partial charge in [0.1, 0.15) is 17.7 Å². The summed E-state index contributed by atoms with van der Waals surface area (Å²) in [4.78, 5) is 22.1. The van der Waals surface area contributed by atoms with Gasteiger partial charge in [0.25, 0.3) is 0 Å². The summed E-state index contributed by atoms with van der Waals surface area (Å²) < 4.78 is 5.37. The Bertz CT molecular complexity index is 481. The number of aromatic nitrogens is 2. The quantitative estimate of drug-likeness (QED) is 0.679. The molecule has 1 saturated heterocycles. The highest BCUT2D eigenvalue weighted by atomic mass is 16.5. The molecule has 1 aromatic heterocycles. The van der Waals surface area contributed by atoms with Gasteiger partial charge in [-0.25, -0.2) is 0 Å². The van der Waals surface area contributed by atoms with Crippen LogP contribution in [0.5, 0.6) is 0 Å². The lowest BCUT2D eigenvalue weighted by Crippen LogP contribution is -2.53. The second-order valence-corrected chi connectivity index (χ2v) is 4.40. The van der Waals surface area contributed by atoms with Crippen LogP contribution in [0.15, 0.2) is 6.07 Å². The number of nitrogens with zero attached hydrogens (tertiary/aromatic N) is 3. The van der Waals surface area contributed by atoms with Crippen LogP contribution < -0.4 is 21.3 Å². The number of morpholine rings is 1. The van der Waals surface area contributed by atoms with E-state index >= 15 is 0 Å². The van der Waals surface area contributed by atoms with Crippen molar-refractivity contribution < 1.29 is 9.53 Å². The van der Waals surface area contributed by atoms with E-state index in [1.165, 1.54) is 0 Å². The van der Waals surface area contributed by atoms with E-state index in [9.17, 15) is 4.79 Å². The zero-order valence-electron chi connectivity index (χ0n) is 11.7. The van der Waals surface area contributed by atoms with Gasteiger partial charge in [0.2, 0.25) is 11.9 Å². The largest absolute Gasteiger partial charge is 0.377 e. The average Bonchev–Trinajstić information content (AvgIpc) is 2.46. The lowest BCUT2D eigenvalue weighted by Gasteiger charge is -2.35. The lowest BCUT2D eigenvalue weighted by atomic mass is 10.2. The monoisotopic (exact) mass is 280 g/mol. The molecule has 1 aromatic rings. The number of likely N-dealkylation sites (N-methyl/N-ethyl adjacent to an activating group) is 1. The fraction of sp³-hybridized carbons (Fsp3) is 0.583. The molecule has 1 aliphatic heterocycles. The Morgan fingerprint density at radius 1 is 1.60 bits per heavy atom. The van der Waals surface area contributed by atoms with E-state index in [1.54, 1.807) is 13.1 Å². The molecule has 0 aromatic carbocycles. The minimum Gasteiger partial charge on any atom is -0.377 e. The molecule has 0 saturated carbocycles. The Kier molecular flexibility index (Phi) is 4.57. The number of carbonyl (C=O) groups is 1. The highest BCUT2D eigenvalue weighted by Crippen LogP contribution is 2.21. The van der Waals surface area contributed by atoms with Crippen molar-refractivity contribution in [1.82, 2.24) is 15.3 Å². The van der Waals surface area contributed by atoms with Gasteiger partial charge in [0.05, 0.1) is 13.2 Å². The third kappa shape index (κ3) is 3.08. The van der Waals surface area contributed by atoms with Crippen LogP contribution in [-0.2, 0) is 9.53 Å². The summed E-state index contributed by atoms with van der Waals surface area (Å²) in [6.45, 7) is 4.17. The van der Waals surface area contributed by atoms with Gasteiger partial charge in [0, 0.05) is 26.2 Å². The van der Waals surface area contributed by atoms with Gasteiger partial charge in [-0.15, -0.1) is 0 Å². The number of carbonyl (C=O) groups excluding carboxylic acids is 1. The summed E-state index contributed by atoms with van der Waals surface area (Å²) in [7, 11) is 1.60. The predicted octanol–water partition coefficient (Wildman–Crippen LogP) is -0.558. The van der Waals surface area contributed by atoms with Gasteiger partial charge in [-0.2, -0.15) is 9.97 Å². The summed E-state index contributed by atoms with van der Waals surface area (Å²) >= 11 is 0. The van der Waals surface area contributed by atoms with Gasteiger partial charge >= 0.3 is 0 Å². The zero-order chi connectivity index (χ0) is 14.5. The standard InChI is InChI=1S/C12H20N6O2/c1-3-15-9-6-10(17-12(13)16-9)18-4-5-20-7-8(18)11(19)14-2/h6,8H,3-5,7H2,1-2H3,(H,14,19)(H3,13,15,16,17). The van der Waals surface area contributed by atoms with E-state index in [-0.39, 0.29) is 11.9 Å². The number of nitrogens with one attached hydrogen (secondary N) is 2. The second kappa shape index (κ2) is 6.38. The van der Waals surface area contributed by atoms with Crippen molar-refractivity contribution in [1.29, 1.82) is 0 Å². The Labute approximate surface area is 117 Å². The summed E-state index contributed by atoms with van der Waals surface area (Å²) in [6, 6.07) is 1.39. The first-order valence-electron chi connectivity index (χ1n) is 6.60. The van der Waals surface area contributed by atoms with Crippen molar-refractivity contribution in [3.05, 3.63) is 6.07 Å². The molecule has 1 aliphatic rings. The highest BCUT2D eigenvalue weighted by Gasteiger charge is 2.30. The van der Waals surface area contributed by atoms with E-state index < -0.39 is 6.04 Å². The van der Waals surface area contributed by atoms with E-state index in [1.807, 2.05) is 11.8 Å². The van der Waals surface area contributed by atoms with Crippen LogP contribution in [0, 0.1) is 0 Å².